The fraction of sp³-hybridized carbons (Fsp3) is 0.476. The minimum Gasteiger partial charge on any atom is -0.376 e. The van der Waals surface area contributed by atoms with E-state index in [-0.39, 0.29) is 24.5 Å². The maximum absolute atomic E-state index is 12.8. The molecule has 0 aliphatic carbocycles. The quantitative estimate of drug-likeness (QED) is 0.736. The van der Waals surface area contributed by atoms with E-state index in [0.717, 1.165) is 35.6 Å². The van der Waals surface area contributed by atoms with Crippen LogP contribution in [-0.2, 0) is 20.7 Å². The molecule has 1 aliphatic heterocycles. The molecule has 1 aromatic heterocycles. The van der Waals surface area contributed by atoms with Crippen LogP contribution in [0.15, 0.2) is 30.3 Å². The van der Waals surface area contributed by atoms with Gasteiger partial charge >= 0.3 is 0 Å². The van der Waals surface area contributed by atoms with Crippen molar-refractivity contribution >= 4 is 28.3 Å². The number of nitrogens with one attached hydrogen (secondary N) is 1. The Labute approximate surface area is 169 Å². The normalized spacial score (nSPS) is 16.1. The van der Waals surface area contributed by atoms with E-state index < -0.39 is 0 Å². The van der Waals surface area contributed by atoms with Crippen LogP contribution in [0.3, 0.4) is 0 Å². The summed E-state index contributed by atoms with van der Waals surface area (Å²) >= 11 is 1.45. The van der Waals surface area contributed by atoms with Crippen LogP contribution in [0.1, 0.15) is 35.4 Å². The summed E-state index contributed by atoms with van der Waals surface area (Å²) in [6.07, 6.45) is 2.97. The Morgan fingerprint density at radius 2 is 2.07 bits per heavy atom. The highest BCUT2D eigenvalue weighted by atomic mass is 32.1. The van der Waals surface area contributed by atoms with Crippen molar-refractivity contribution in [1.82, 2.24) is 9.88 Å². The van der Waals surface area contributed by atoms with Gasteiger partial charge < -0.3 is 15.0 Å². The molecule has 2 heterocycles. The Morgan fingerprint density at radius 3 is 2.71 bits per heavy atom. The zero-order chi connectivity index (χ0) is 19.9. The lowest BCUT2D eigenvalue weighted by Crippen LogP contribution is -2.42. The topological polar surface area (TPSA) is 71.5 Å². The van der Waals surface area contributed by atoms with Crippen LogP contribution in [0.25, 0.3) is 0 Å². The molecule has 1 saturated heterocycles. The number of amides is 2. The fourth-order valence-corrected chi connectivity index (χ4v) is 4.03. The predicted molar refractivity (Wildman–Crippen MR) is 111 cm³/mol. The summed E-state index contributed by atoms with van der Waals surface area (Å²) in [5.41, 5.74) is 2.03. The minimum absolute atomic E-state index is 0.0119. The van der Waals surface area contributed by atoms with E-state index in [2.05, 4.69) is 10.3 Å². The standard InChI is InChI=1S/C21H27N3O3S/c1-15-16(2)28-21(22-15)23-19(25)14-24(13-18-9-6-12-27-18)20(26)11-10-17-7-4-3-5-8-17/h3-5,7-8,18H,6,9-14H2,1-2H3,(H,22,23,25). The van der Waals surface area contributed by atoms with Crippen LogP contribution < -0.4 is 5.32 Å². The molecule has 0 saturated carbocycles. The molecule has 0 spiro atoms. The molecular formula is C21H27N3O3S. The van der Waals surface area contributed by atoms with Gasteiger partial charge in [-0.1, -0.05) is 30.3 Å². The third-order valence-corrected chi connectivity index (χ3v) is 5.87. The predicted octanol–water partition coefficient (Wildman–Crippen LogP) is 3.34. The lowest BCUT2D eigenvalue weighted by molar-refractivity contribution is -0.136. The van der Waals surface area contributed by atoms with Crippen molar-refractivity contribution in [3.8, 4) is 0 Å². The number of aryl methyl sites for hydroxylation is 3. The number of rotatable bonds is 8. The minimum atomic E-state index is -0.222. The fourth-order valence-electron chi connectivity index (χ4n) is 3.20. The van der Waals surface area contributed by atoms with Gasteiger partial charge in [0.15, 0.2) is 5.13 Å². The lowest BCUT2D eigenvalue weighted by atomic mass is 10.1. The summed E-state index contributed by atoms with van der Waals surface area (Å²) in [5, 5.41) is 3.40. The van der Waals surface area contributed by atoms with Gasteiger partial charge in [-0.05, 0) is 38.7 Å². The summed E-state index contributed by atoms with van der Waals surface area (Å²) < 4.78 is 5.68. The molecule has 1 N–H and O–H groups in total. The van der Waals surface area contributed by atoms with Gasteiger partial charge in [0.25, 0.3) is 0 Å². The summed E-state index contributed by atoms with van der Waals surface area (Å²) in [6, 6.07) is 9.92. The molecule has 7 heteroatoms. The molecule has 1 unspecified atom stereocenters. The Kier molecular flexibility index (Phi) is 7.17. The number of nitrogens with zero attached hydrogens (tertiary/aromatic N) is 2. The SMILES string of the molecule is Cc1nc(NC(=O)CN(CC2CCCO2)C(=O)CCc2ccccc2)sc1C. The zero-order valence-electron chi connectivity index (χ0n) is 16.4. The number of carbonyl (C=O) groups is 2. The lowest BCUT2D eigenvalue weighted by Gasteiger charge is -2.25. The van der Waals surface area contributed by atoms with E-state index in [1.807, 2.05) is 44.2 Å². The van der Waals surface area contributed by atoms with Gasteiger partial charge in [0.2, 0.25) is 11.8 Å². The summed E-state index contributed by atoms with van der Waals surface area (Å²) in [7, 11) is 0. The molecule has 1 fully saturated rings. The van der Waals surface area contributed by atoms with E-state index in [0.29, 0.717) is 24.5 Å². The Balaban J connectivity index is 1.59. The maximum atomic E-state index is 12.8. The first kappa shape index (κ1) is 20.5. The Bertz CT molecular complexity index is 781. The molecule has 150 valence electrons. The molecule has 1 aromatic carbocycles. The Morgan fingerprint density at radius 1 is 1.29 bits per heavy atom. The molecule has 1 atom stereocenters. The van der Waals surface area contributed by atoms with Crippen molar-refractivity contribution in [2.24, 2.45) is 0 Å². The third-order valence-electron chi connectivity index (χ3n) is 4.88. The van der Waals surface area contributed by atoms with Crippen molar-refractivity contribution in [3.05, 3.63) is 46.5 Å². The highest BCUT2D eigenvalue weighted by Crippen LogP contribution is 2.21. The van der Waals surface area contributed by atoms with Crippen LogP contribution in [0.2, 0.25) is 0 Å². The first-order chi connectivity index (χ1) is 13.5. The number of benzene rings is 1. The van der Waals surface area contributed by atoms with E-state index in [1.54, 1.807) is 4.90 Å². The van der Waals surface area contributed by atoms with E-state index in [9.17, 15) is 9.59 Å². The van der Waals surface area contributed by atoms with E-state index >= 15 is 0 Å². The number of hydrogen-bond donors (Lipinski definition) is 1. The van der Waals surface area contributed by atoms with E-state index in [1.165, 1.54) is 11.3 Å². The van der Waals surface area contributed by atoms with Crippen LogP contribution in [0.5, 0.6) is 0 Å². The van der Waals surface area contributed by atoms with Gasteiger partial charge in [-0.2, -0.15) is 0 Å². The molecule has 2 aromatic rings. The van der Waals surface area contributed by atoms with Crippen LogP contribution in [0.4, 0.5) is 5.13 Å². The van der Waals surface area contributed by atoms with E-state index in [4.69, 9.17) is 4.74 Å². The molecule has 6 nitrogen and oxygen atoms in total. The number of carbonyl (C=O) groups excluding carboxylic acids is 2. The van der Waals surface area contributed by atoms with Crippen molar-refractivity contribution < 1.29 is 14.3 Å². The highest BCUT2D eigenvalue weighted by Gasteiger charge is 2.24. The van der Waals surface area contributed by atoms with Crippen molar-refractivity contribution in [3.63, 3.8) is 0 Å². The zero-order valence-corrected chi connectivity index (χ0v) is 17.3. The first-order valence-electron chi connectivity index (χ1n) is 9.68. The number of aromatic nitrogens is 1. The first-order valence-corrected chi connectivity index (χ1v) is 10.5. The van der Waals surface area contributed by atoms with Gasteiger partial charge in [-0.25, -0.2) is 4.98 Å². The maximum Gasteiger partial charge on any atom is 0.245 e. The van der Waals surface area contributed by atoms with Crippen LogP contribution >= 0.6 is 11.3 Å². The summed E-state index contributed by atoms with van der Waals surface area (Å²) in [4.78, 5) is 32.4. The van der Waals surface area contributed by atoms with Crippen molar-refractivity contribution in [1.29, 1.82) is 0 Å². The second-order valence-electron chi connectivity index (χ2n) is 7.10. The molecule has 0 radical (unpaired) electrons. The largest absolute Gasteiger partial charge is 0.376 e. The van der Waals surface area contributed by atoms with Crippen LogP contribution in [-0.4, -0.2) is 47.5 Å². The molecule has 28 heavy (non-hydrogen) atoms. The summed E-state index contributed by atoms with van der Waals surface area (Å²) in [6.45, 7) is 5.08. The number of ether oxygens (including phenoxy) is 1. The molecule has 3 rings (SSSR count). The van der Waals surface area contributed by atoms with Crippen LogP contribution in [0, 0.1) is 13.8 Å². The van der Waals surface area contributed by atoms with Crippen molar-refractivity contribution in [2.45, 2.75) is 45.6 Å². The Hall–Kier alpha value is -2.25. The van der Waals surface area contributed by atoms with Gasteiger partial charge in [0, 0.05) is 24.4 Å². The molecular weight excluding hydrogens is 374 g/mol. The van der Waals surface area contributed by atoms with Gasteiger partial charge in [-0.3, -0.25) is 9.59 Å². The summed E-state index contributed by atoms with van der Waals surface area (Å²) in [5.74, 6) is -0.249. The molecule has 0 bridgehead atoms. The highest BCUT2D eigenvalue weighted by molar-refractivity contribution is 7.15. The number of hydrogen-bond acceptors (Lipinski definition) is 5. The average Bonchev–Trinajstić information content (AvgIpc) is 3.29. The molecule has 1 aliphatic rings. The number of thiazole rings is 1. The second kappa shape index (κ2) is 9.80. The molecule has 2 amide bonds. The number of anilines is 1. The monoisotopic (exact) mass is 401 g/mol. The van der Waals surface area contributed by atoms with Crippen molar-refractivity contribution in [2.75, 3.05) is 25.0 Å². The third kappa shape index (κ3) is 5.87. The van der Waals surface area contributed by atoms with Gasteiger partial charge in [0.1, 0.15) is 6.54 Å². The average molecular weight is 402 g/mol. The van der Waals surface area contributed by atoms with Gasteiger partial charge in [0.05, 0.1) is 11.8 Å². The second-order valence-corrected chi connectivity index (χ2v) is 8.31. The van der Waals surface area contributed by atoms with Gasteiger partial charge in [-0.15, -0.1) is 11.3 Å². The smallest absolute Gasteiger partial charge is 0.245 e.